The standard InChI is InChI=1S/C9H13N3O/c1-5-11-12-9(13-5)10-8-3-2-6-4-7(6)8/h6-8H,2-4H2,1H3,(H,10,12). The van der Waals surface area contributed by atoms with E-state index in [2.05, 4.69) is 15.5 Å². The Morgan fingerprint density at radius 2 is 2.31 bits per heavy atom. The Balaban J connectivity index is 1.68. The molecule has 1 heterocycles. The Hall–Kier alpha value is -1.06. The van der Waals surface area contributed by atoms with Crippen molar-refractivity contribution in [2.24, 2.45) is 11.8 Å². The van der Waals surface area contributed by atoms with Crippen LogP contribution in [0.4, 0.5) is 6.01 Å². The van der Waals surface area contributed by atoms with Crippen LogP contribution in [0.1, 0.15) is 25.2 Å². The van der Waals surface area contributed by atoms with Crippen LogP contribution in [-0.4, -0.2) is 16.2 Å². The molecular weight excluding hydrogens is 166 g/mol. The second-order valence-electron chi connectivity index (χ2n) is 4.11. The van der Waals surface area contributed by atoms with Crippen molar-refractivity contribution in [3.05, 3.63) is 5.89 Å². The van der Waals surface area contributed by atoms with E-state index in [1.807, 2.05) is 6.92 Å². The first kappa shape index (κ1) is 7.35. The van der Waals surface area contributed by atoms with Crippen LogP contribution in [0.3, 0.4) is 0 Å². The number of aromatic nitrogens is 2. The van der Waals surface area contributed by atoms with Crippen LogP contribution in [0, 0.1) is 18.8 Å². The van der Waals surface area contributed by atoms with Gasteiger partial charge < -0.3 is 9.73 Å². The zero-order chi connectivity index (χ0) is 8.84. The number of rotatable bonds is 2. The fraction of sp³-hybridized carbons (Fsp3) is 0.778. The molecule has 3 rings (SSSR count). The SMILES string of the molecule is Cc1nnc(NC2CCC3CC32)o1. The lowest BCUT2D eigenvalue weighted by molar-refractivity contribution is 0.514. The van der Waals surface area contributed by atoms with Gasteiger partial charge in [-0.15, -0.1) is 5.10 Å². The van der Waals surface area contributed by atoms with Crippen molar-refractivity contribution in [3.8, 4) is 0 Å². The van der Waals surface area contributed by atoms with Gasteiger partial charge in [0.1, 0.15) is 0 Å². The normalized spacial score (nSPS) is 35.9. The molecule has 1 aromatic heterocycles. The van der Waals surface area contributed by atoms with Gasteiger partial charge in [-0.2, -0.15) is 0 Å². The molecular formula is C9H13N3O. The van der Waals surface area contributed by atoms with Gasteiger partial charge in [-0.05, 0) is 31.1 Å². The lowest BCUT2D eigenvalue weighted by Gasteiger charge is -2.10. The van der Waals surface area contributed by atoms with Gasteiger partial charge in [0.25, 0.3) is 0 Å². The predicted molar refractivity (Wildman–Crippen MR) is 47.3 cm³/mol. The second-order valence-corrected chi connectivity index (χ2v) is 4.11. The van der Waals surface area contributed by atoms with E-state index in [-0.39, 0.29) is 0 Å². The Kier molecular flexibility index (Phi) is 1.39. The molecule has 3 unspecified atom stereocenters. The van der Waals surface area contributed by atoms with Crippen molar-refractivity contribution in [1.82, 2.24) is 10.2 Å². The fourth-order valence-corrected chi connectivity index (χ4v) is 2.40. The van der Waals surface area contributed by atoms with Crippen LogP contribution >= 0.6 is 0 Å². The van der Waals surface area contributed by atoms with Crippen LogP contribution in [0.15, 0.2) is 4.42 Å². The summed E-state index contributed by atoms with van der Waals surface area (Å²) in [5.74, 6) is 2.50. The molecule has 13 heavy (non-hydrogen) atoms. The molecule has 3 atom stereocenters. The third kappa shape index (κ3) is 1.20. The van der Waals surface area contributed by atoms with Gasteiger partial charge >= 0.3 is 6.01 Å². The first-order valence-electron chi connectivity index (χ1n) is 4.89. The van der Waals surface area contributed by atoms with E-state index in [0.29, 0.717) is 17.9 Å². The van der Waals surface area contributed by atoms with Gasteiger partial charge in [-0.25, -0.2) is 0 Å². The summed E-state index contributed by atoms with van der Waals surface area (Å²) in [4.78, 5) is 0. The molecule has 4 heteroatoms. The van der Waals surface area contributed by atoms with Crippen LogP contribution < -0.4 is 5.32 Å². The molecule has 70 valence electrons. The molecule has 0 spiro atoms. The van der Waals surface area contributed by atoms with Gasteiger partial charge in [0.15, 0.2) is 0 Å². The maximum Gasteiger partial charge on any atom is 0.315 e. The molecule has 0 aromatic carbocycles. The summed E-state index contributed by atoms with van der Waals surface area (Å²) in [5, 5.41) is 11.0. The summed E-state index contributed by atoms with van der Waals surface area (Å²) in [7, 11) is 0. The highest BCUT2D eigenvalue weighted by Crippen LogP contribution is 2.52. The van der Waals surface area contributed by atoms with Crippen molar-refractivity contribution >= 4 is 6.01 Å². The molecule has 2 aliphatic rings. The van der Waals surface area contributed by atoms with Gasteiger partial charge in [0.05, 0.1) is 0 Å². The molecule has 1 aromatic rings. The van der Waals surface area contributed by atoms with Crippen molar-refractivity contribution in [1.29, 1.82) is 0 Å². The Morgan fingerprint density at radius 3 is 2.85 bits per heavy atom. The molecule has 0 bridgehead atoms. The topological polar surface area (TPSA) is 51.0 Å². The number of hydrogen-bond acceptors (Lipinski definition) is 4. The number of anilines is 1. The highest BCUT2D eigenvalue weighted by atomic mass is 16.4. The highest BCUT2D eigenvalue weighted by Gasteiger charge is 2.48. The zero-order valence-electron chi connectivity index (χ0n) is 7.66. The van der Waals surface area contributed by atoms with Gasteiger partial charge in [0, 0.05) is 13.0 Å². The average Bonchev–Trinajstić information content (AvgIpc) is 2.63. The minimum atomic E-state index is 0.588. The summed E-state index contributed by atoms with van der Waals surface area (Å²) < 4.78 is 5.28. The molecule has 2 saturated carbocycles. The van der Waals surface area contributed by atoms with Gasteiger partial charge in [-0.1, -0.05) is 5.10 Å². The Labute approximate surface area is 76.7 Å². The number of fused-ring (bicyclic) bond motifs is 1. The van der Waals surface area contributed by atoms with Crippen molar-refractivity contribution in [3.63, 3.8) is 0 Å². The molecule has 0 saturated heterocycles. The average molecular weight is 179 g/mol. The maximum absolute atomic E-state index is 5.28. The van der Waals surface area contributed by atoms with Crippen LogP contribution in [0.2, 0.25) is 0 Å². The number of nitrogens with zero attached hydrogens (tertiary/aromatic N) is 2. The minimum absolute atomic E-state index is 0.588. The molecule has 0 aliphatic heterocycles. The van der Waals surface area contributed by atoms with E-state index in [1.54, 1.807) is 0 Å². The summed E-state index contributed by atoms with van der Waals surface area (Å²) in [5.41, 5.74) is 0. The van der Waals surface area contributed by atoms with E-state index in [0.717, 1.165) is 11.8 Å². The quantitative estimate of drug-likeness (QED) is 0.749. The first-order chi connectivity index (χ1) is 6.33. The van der Waals surface area contributed by atoms with Crippen molar-refractivity contribution < 1.29 is 4.42 Å². The lowest BCUT2D eigenvalue weighted by atomic mass is 10.2. The molecule has 0 amide bonds. The fourth-order valence-electron chi connectivity index (χ4n) is 2.40. The van der Waals surface area contributed by atoms with E-state index < -0.39 is 0 Å². The largest absolute Gasteiger partial charge is 0.408 e. The third-order valence-electron chi connectivity index (χ3n) is 3.18. The molecule has 4 nitrogen and oxygen atoms in total. The lowest BCUT2D eigenvalue weighted by Crippen LogP contribution is -2.18. The number of nitrogens with one attached hydrogen (secondary N) is 1. The molecule has 2 fully saturated rings. The smallest absolute Gasteiger partial charge is 0.315 e. The number of aryl methyl sites for hydroxylation is 1. The first-order valence-corrected chi connectivity index (χ1v) is 4.89. The summed E-state index contributed by atoms with van der Waals surface area (Å²) in [6, 6.07) is 1.18. The molecule has 1 N–H and O–H groups in total. The maximum atomic E-state index is 5.28. The van der Waals surface area contributed by atoms with E-state index in [1.165, 1.54) is 19.3 Å². The molecule has 2 aliphatic carbocycles. The summed E-state index contributed by atoms with van der Waals surface area (Å²) in [6.07, 6.45) is 4.02. The second kappa shape index (κ2) is 2.47. The summed E-state index contributed by atoms with van der Waals surface area (Å²) >= 11 is 0. The zero-order valence-corrected chi connectivity index (χ0v) is 7.66. The third-order valence-corrected chi connectivity index (χ3v) is 3.18. The van der Waals surface area contributed by atoms with E-state index in [9.17, 15) is 0 Å². The highest BCUT2D eigenvalue weighted by molar-refractivity contribution is 5.23. The van der Waals surface area contributed by atoms with E-state index >= 15 is 0 Å². The van der Waals surface area contributed by atoms with Crippen molar-refractivity contribution in [2.45, 2.75) is 32.2 Å². The summed E-state index contributed by atoms with van der Waals surface area (Å²) in [6.45, 7) is 1.81. The number of hydrogen-bond donors (Lipinski definition) is 1. The van der Waals surface area contributed by atoms with Crippen LogP contribution in [0.25, 0.3) is 0 Å². The Morgan fingerprint density at radius 1 is 1.38 bits per heavy atom. The van der Waals surface area contributed by atoms with Gasteiger partial charge in [0.2, 0.25) is 5.89 Å². The van der Waals surface area contributed by atoms with Gasteiger partial charge in [-0.3, -0.25) is 0 Å². The van der Waals surface area contributed by atoms with E-state index in [4.69, 9.17) is 4.42 Å². The van der Waals surface area contributed by atoms with Crippen LogP contribution in [0.5, 0.6) is 0 Å². The monoisotopic (exact) mass is 179 g/mol. The minimum Gasteiger partial charge on any atom is -0.408 e. The predicted octanol–water partition coefficient (Wildman–Crippen LogP) is 1.59. The Bertz CT molecular complexity index is 322. The molecule has 0 radical (unpaired) electrons. The van der Waals surface area contributed by atoms with Crippen molar-refractivity contribution in [2.75, 3.05) is 5.32 Å². The van der Waals surface area contributed by atoms with Crippen LogP contribution in [-0.2, 0) is 0 Å².